The van der Waals surface area contributed by atoms with E-state index in [-0.39, 0.29) is 0 Å². The van der Waals surface area contributed by atoms with Crippen LogP contribution in [-0.4, -0.2) is 27.5 Å². The summed E-state index contributed by atoms with van der Waals surface area (Å²) in [5.74, 6) is 0.547. The molecule has 0 unspecified atom stereocenters. The SMILES string of the molecule is N#Cc1cccnc1[S@](=O)C[C@@H]1CCCN1. The zero-order valence-corrected chi connectivity index (χ0v) is 9.67. The van der Waals surface area contributed by atoms with E-state index in [0.29, 0.717) is 22.4 Å². The van der Waals surface area contributed by atoms with Crippen molar-refractivity contribution < 1.29 is 4.21 Å². The van der Waals surface area contributed by atoms with Crippen molar-refractivity contribution in [3.05, 3.63) is 23.9 Å². The van der Waals surface area contributed by atoms with Gasteiger partial charge in [-0.1, -0.05) is 0 Å². The standard InChI is InChI=1S/C11H13N3OS/c12-7-9-3-1-6-14-11(9)16(15)8-10-4-2-5-13-10/h1,3,6,10,13H,2,4-5,8H2/t10-,16+/m0/s1. The smallest absolute Gasteiger partial charge is 0.144 e. The summed E-state index contributed by atoms with van der Waals surface area (Å²) in [5, 5.41) is 12.6. The van der Waals surface area contributed by atoms with Gasteiger partial charge in [0.25, 0.3) is 0 Å². The minimum absolute atomic E-state index is 0.300. The van der Waals surface area contributed by atoms with Crippen LogP contribution in [0.4, 0.5) is 0 Å². The van der Waals surface area contributed by atoms with E-state index in [0.717, 1.165) is 19.4 Å². The van der Waals surface area contributed by atoms with Gasteiger partial charge in [0, 0.05) is 18.0 Å². The number of aromatic nitrogens is 1. The Labute approximate surface area is 97.2 Å². The van der Waals surface area contributed by atoms with Crippen LogP contribution < -0.4 is 5.32 Å². The molecule has 16 heavy (non-hydrogen) atoms. The van der Waals surface area contributed by atoms with Crippen LogP contribution >= 0.6 is 0 Å². The summed E-state index contributed by atoms with van der Waals surface area (Å²) < 4.78 is 12.0. The lowest BCUT2D eigenvalue weighted by Crippen LogP contribution is -2.28. The van der Waals surface area contributed by atoms with Crippen molar-refractivity contribution in [1.82, 2.24) is 10.3 Å². The second-order valence-electron chi connectivity index (χ2n) is 3.77. The average molecular weight is 235 g/mol. The van der Waals surface area contributed by atoms with Gasteiger partial charge >= 0.3 is 0 Å². The van der Waals surface area contributed by atoms with Crippen LogP contribution in [0.2, 0.25) is 0 Å². The summed E-state index contributed by atoms with van der Waals surface area (Å²) in [6.07, 6.45) is 3.77. The maximum Gasteiger partial charge on any atom is 0.144 e. The number of nitrogens with zero attached hydrogens (tertiary/aromatic N) is 2. The molecule has 0 saturated carbocycles. The third-order valence-corrected chi connectivity index (χ3v) is 4.08. The highest BCUT2D eigenvalue weighted by atomic mass is 32.2. The lowest BCUT2D eigenvalue weighted by Gasteiger charge is -2.09. The Kier molecular flexibility index (Phi) is 3.65. The Bertz CT molecular complexity index is 435. The maximum absolute atomic E-state index is 12.0. The molecule has 4 nitrogen and oxygen atoms in total. The van der Waals surface area contributed by atoms with Crippen LogP contribution in [-0.2, 0) is 10.8 Å². The molecular weight excluding hydrogens is 222 g/mol. The third-order valence-electron chi connectivity index (χ3n) is 2.62. The highest BCUT2D eigenvalue weighted by Gasteiger charge is 2.19. The van der Waals surface area contributed by atoms with Crippen molar-refractivity contribution in [2.45, 2.75) is 23.9 Å². The number of hydrogen-bond acceptors (Lipinski definition) is 4. The summed E-state index contributed by atoms with van der Waals surface area (Å²) in [6, 6.07) is 5.67. The first-order valence-electron chi connectivity index (χ1n) is 5.28. The van der Waals surface area contributed by atoms with E-state index in [1.54, 1.807) is 18.3 Å². The number of rotatable bonds is 3. The van der Waals surface area contributed by atoms with Gasteiger partial charge in [-0.2, -0.15) is 5.26 Å². The molecule has 1 aromatic heterocycles. The second-order valence-corrected chi connectivity index (χ2v) is 5.18. The predicted octanol–water partition coefficient (Wildman–Crippen LogP) is 0.813. The fraction of sp³-hybridized carbons (Fsp3) is 0.455. The Balaban J connectivity index is 2.11. The number of hydrogen-bond donors (Lipinski definition) is 1. The molecule has 0 radical (unpaired) electrons. The van der Waals surface area contributed by atoms with E-state index in [1.807, 2.05) is 6.07 Å². The second kappa shape index (κ2) is 5.19. The van der Waals surface area contributed by atoms with E-state index in [2.05, 4.69) is 10.3 Å². The molecule has 1 aliphatic rings. The Morgan fingerprint density at radius 3 is 3.25 bits per heavy atom. The van der Waals surface area contributed by atoms with E-state index in [9.17, 15) is 4.21 Å². The quantitative estimate of drug-likeness (QED) is 0.842. The Morgan fingerprint density at radius 2 is 2.56 bits per heavy atom. The zero-order valence-electron chi connectivity index (χ0n) is 8.85. The van der Waals surface area contributed by atoms with Gasteiger partial charge in [-0.3, -0.25) is 4.21 Å². The van der Waals surface area contributed by atoms with E-state index in [1.165, 1.54) is 0 Å². The maximum atomic E-state index is 12.0. The van der Waals surface area contributed by atoms with Gasteiger partial charge in [0.05, 0.1) is 16.4 Å². The molecule has 1 fully saturated rings. The topological polar surface area (TPSA) is 65.8 Å². The van der Waals surface area contributed by atoms with Gasteiger partial charge < -0.3 is 5.32 Å². The highest BCUT2D eigenvalue weighted by molar-refractivity contribution is 7.85. The third kappa shape index (κ3) is 2.46. The van der Waals surface area contributed by atoms with Crippen LogP contribution in [0.3, 0.4) is 0 Å². The van der Waals surface area contributed by atoms with Gasteiger partial charge in [-0.05, 0) is 31.5 Å². The zero-order chi connectivity index (χ0) is 11.4. The van der Waals surface area contributed by atoms with Crippen molar-refractivity contribution in [3.8, 4) is 6.07 Å². The summed E-state index contributed by atoms with van der Waals surface area (Å²) in [6.45, 7) is 0.995. The Morgan fingerprint density at radius 1 is 1.69 bits per heavy atom. The fourth-order valence-electron chi connectivity index (χ4n) is 1.82. The van der Waals surface area contributed by atoms with Crippen LogP contribution in [0.25, 0.3) is 0 Å². The summed E-state index contributed by atoms with van der Waals surface area (Å²) in [4.78, 5) is 4.04. The van der Waals surface area contributed by atoms with Crippen LogP contribution in [0, 0.1) is 11.3 Å². The van der Waals surface area contributed by atoms with Gasteiger partial charge in [0.1, 0.15) is 11.1 Å². The molecule has 1 saturated heterocycles. The molecule has 0 aliphatic carbocycles. The molecule has 0 spiro atoms. The van der Waals surface area contributed by atoms with Gasteiger partial charge in [-0.25, -0.2) is 4.98 Å². The monoisotopic (exact) mass is 235 g/mol. The van der Waals surface area contributed by atoms with Crippen LogP contribution in [0.15, 0.2) is 23.4 Å². The molecule has 0 amide bonds. The molecule has 2 heterocycles. The largest absolute Gasteiger partial charge is 0.313 e. The van der Waals surface area contributed by atoms with E-state index in [4.69, 9.17) is 5.26 Å². The van der Waals surface area contributed by atoms with Crippen molar-refractivity contribution in [3.63, 3.8) is 0 Å². The average Bonchev–Trinajstić information content (AvgIpc) is 2.81. The summed E-state index contributed by atoms with van der Waals surface area (Å²) in [7, 11) is -1.18. The molecular formula is C11H13N3OS. The predicted molar refractivity (Wildman–Crippen MR) is 61.3 cm³/mol. The van der Waals surface area contributed by atoms with Crippen molar-refractivity contribution in [2.75, 3.05) is 12.3 Å². The molecule has 0 aromatic carbocycles. The molecule has 84 valence electrons. The normalized spacial score (nSPS) is 21.6. The molecule has 5 heteroatoms. The molecule has 1 N–H and O–H groups in total. The fourth-order valence-corrected chi connectivity index (χ4v) is 3.16. The van der Waals surface area contributed by atoms with Crippen LogP contribution in [0.1, 0.15) is 18.4 Å². The first-order chi connectivity index (χ1) is 7.81. The van der Waals surface area contributed by atoms with Crippen LogP contribution in [0.5, 0.6) is 0 Å². The highest BCUT2D eigenvalue weighted by Crippen LogP contribution is 2.13. The minimum Gasteiger partial charge on any atom is -0.313 e. The molecule has 2 atom stereocenters. The molecule has 1 aromatic rings. The minimum atomic E-state index is -1.18. The molecule has 0 bridgehead atoms. The van der Waals surface area contributed by atoms with Crippen molar-refractivity contribution in [1.29, 1.82) is 5.26 Å². The lowest BCUT2D eigenvalue weighted by atomic mass is 10.3. The summed E-state index contributed by atoms with van der Waals surface area (Å²) >= 11 is 0. The van der Waals surface area contributed by atoms with Gasteiger partial charge in [0.2, 0.25) is 0 Å². The van der Waals surface area contributed by atoms with Gasteiger partial charge in [-0.15, -0.1) is 0 Å². The number of nitriles is 1. The van der Waals surface area contributed by atoms with Crippen molar-refractivity contribution in [2.24, 2.45) is 0 Å². The Hall–Kier alpha value is -1.25. The first kappa shape index (κ1) is 11.2. The van der Waals surface area contributed by atoms with E-state index < -0.39 is 10.8 Å². The lowest BCUT2D eigenvalue weighted by molar-refractivity contribution is 0.641. The number of nitrogens with one attached hydrogen (secondary N) is 1. The molecule has 1 aliphatic heterocycles. The summed E-state index contributed by atoms with van der Waals surface area (Å²) in [5.41, 5.74) is 0.416. The molecule has 2 rings (SSSR count). The van der Waals surface area contributed by atoms with Gasteiger partial charge in [0.15, 0.2) is 0 Å². The van der Waals surface area contributed by atoms with Crippen molar-refractivity contribution >= 4 is 10.8 Å². The van der Waals surface area contributed by atoms with E-state index >= 15 is 0 Å². The first-order valence-corrected chi connectivity index (χ1v) is 6.60. The number of pyridine rings is 1.